The van der Waals surface area contributed by atoms with E-state index in [4.69, 9.17) is 4.74 Å². The van der Waals surface area contributed by atoms with Gasteiger partial charge in [-0.25, -0.2) is 17.9 Å². The number of nitrogens with zero attached hydrogens (tertiary/aromatic N) is 3. The zero-order chi connectivity index (χ0) is 27.8. The number of aliphatic hydroxyl groups excluding tert-OH is 3. The number of aliphatic hydroxyl groups is 4. The Morgan fingerprint density at radius 2 is 1.76 bits per heavy atom. The second-order valence-corrected chi connectivity index (χ2v) is 11.0. The normalized spacial score (nSPS) is 24.9. The predicted molar refractivity (Wildman–Crippen MR) is 135 cm³/mol. The van der Waals surface area contributed by atoms with Gasteiger partial charge in [0.25, 0.3) is 0 Å². The predicted octanol–water partition coefficient (Wildman–Crippen LogP) is 3.15. The molecule has 3 aromatic rings. The van der Waals surface area contributed by atoms with E-state index >= 15 is 0 Å². The number of hydrogen-bond acceptors (Lipinski definition) is 8. The van der Waals surface area contributed by atoms with Crippen LogP contribution in [0.4, 0.5) is 13.2 Å². The van der Waals surface area contributed by atoms with Crippen LogP contribution < -0.4 is 0 Å². The van der Waals surface area contributed by atoms with Crippen LogP contribution in [-0.2, 0) is 11.2 Å². The van der Waals surface area contributed by atoms with Gasteiger partial charge in [0.2, 0.25) is 0 Å². The molecule has 6 atom stereocenters. The third-order valence-corrected chi connectivity index (χ3v) is 8.34. The summed E-state index contributed by atoms with van der Waals surface area (Å²) in [6.45, 7) is 4.71. The second kappa shape index (κ2) is 11.3. The number of thioether (sulfide) groups is 1. The average Bonchev–Trinajstić information content (AvgIpc) is 3.35. The first-order valence-corrected chi connectivity index (χ1v) is 13.0. The van der Waals surface area contributed by atoms with Gasteiger partial charge < -0.3 is 25.2 Å². The molecule has 4 rings (SSSR count). The van der Waals surface area contributed by atoms with Crippen LogP contribution in [0.3, 0.4) is 0 Å². The van der Waals surface area contributed by atoms with Crippen molar-refractivity contribution < 1.29 is 38.3 Å². The van der Waals surface area contributed by atoms with Crippen molar-refractivity contribution in [2.24, 2.45) is 0 Å². The maximum absolute atomic E-state index is 13.8. The maximum Gasteiger partial charge on any atom is 0.194 e. The van der Waals surface area contributed by atoms with Crippen molar-refractivity contribution in [3.63, 3.8) is 0 Å². The van der Waals surface area contributed by atoms with Gasteiger partial charge in [-0.15, -0.1) is 16.9 Å². The topological polar surface area (TPSA) is 121 Å². The highest BCUT2D eigenvalue weighted by molar-refractivity contribution is 8.00. The summed E-state index contributed by atoms with van der Waals surface area (Å²) in [5.74, 6) is -4.42. The van der Waals surface area contributed by atoms with Crippen molar-refractivity contribution in [3.05, 3.63) is 71.2 Å². The minimum atomic E-state index is -1.62. The molecule has 0 unspecified atom stereocenters. The summed E-state index contributed by atoms with van der Waals surface area (Å²) in [6, 6.07) is 7.95. The van der Waals surface area contributed by atoms with Crippen LogP contribution in [-0.4, -0.2) is 71.4 Å². The number of aryl methyl sites for hydroxylation is 1. The number of rotatable bonds is 8. The van der Waals surface area contributed by atoms with Crippen LogP contribution in [0.15, 0.2) is 42.6 Å². The SMILES string of the molecule is CCc1ccccc1[C@@H](S[C@@H]1O[C@H](CO)[C@H](O)[C@H](n2cc(-c3cc(F)c(F)c(F)c3)nn2)[C@H]1O)C(C)(C)O. The fraction of sp³-hybridized carbons (Fsp3) is 0.462. The fourth-order valence-corrected chi connectivity index (χ4v) is 6.12. The molecule has 2 heterocycles. The third-order valence-electron chi connectivity index (χ3n) is 6.57. The van der Waals surface area contributed by atoms with Gasteiger partial charge in [0, 0.05) is 5.56 Å². The zero-order valence-corrected chi connectivity index (χ0v) is 21.8. The average molecular weight is 554 g/mol. The molecular weight excluding hydrogens is 523 g/mol. The van der Waals surface area contributed by atoms with Crippen LogP contribution in [0, 0.1) is 17.5 Å². The van der Waals surface area contributed by atoms with Crippen LogP contribution in [0.5, 0.6) is 0 Å². The van der Waals surface area contributed by atoms with Crippen LogP contribution in [0.2, 0.25) is 0 Å². The summed E-state index contributed by atoms with van der Waals surface area (Å²) < 4.78 is 47.9. The van der Waals surface area contributed by atoms with Gasteiger partial charge in [0.05, 0.1) is 23.7 Å². The smallest absolute Gasteiger partial charge is 0.194 e. The van der Waals surface area contributed by atoms with Gasteiger partial charge in [-0.1, -0.05) is 36.4 Å². The van der Waals surface area contributed by atoms with Crippen molar-refractivity contribution in [2.75, 3.05) is 6.61 Å². The summed E-state index contributed by atoms with van der Waals surface area (Å²) >= 11 is 1.14. The van der Waals surface area contributed by atoms with E-state index in [2.05, 4.69) is 10.3 Å². The van der Waals surface area contributed by atoms with Gasteiger partial charge in [-0.2, -0.15) is 0 Å². The Labute approximate surface area is 222 Å². The van der Waals surface area contributed by atoms with Gasteiger partial charge in [0.15, 0.2) is 17.5 Å². The number of ether oxygens (including phenoxy) is 1. The highest BCUT2D eigenvalue weighted by Gasteiger charge is 2.48. The Bertz CT molecular complexity index is 1250. The lowest BCUT2D eigenvalue weighted by Crippen LogP contribution is -2.55. The van der Waals surface area contributed by atoms with Crippen molar-refractivity contribution in [1.82, 2.24) is 15.0 Å². The van der Waals surface area contributed by atoms with Gasteiger partial charge >= 0.3 is 0 Å². The highest BCUT2D eigenvalue weighted by atomic mass is 32.2. The number of hydrogen-bond donors (Lipinski definition) is 4. The molecule has 1 fully saturated rings. The van der Waals surface area contributed by atoms with E-state index in [1.54, 1.807) is 13.8 Å². The molecule has 206 valence electrons. The Balaban J connectivity index is 1.67. The molecule has 8 nitrogen and oxygen atoms in total. The Hall–Kier alpha value is -2.48. The first-order valence-electron chi connectivity index (χ1n) is 12.1. The Kier molecular flexibility index (Phi) is 8.50. The monoisotopic (exact) mass is 553 g/mol. The molecule has 2 aromatic carbocycles. The molecule has 0 spiro atoms. The van der Waals surface area contributed by atoms with E-state index in [1.165, 1.54) is 6.20 Å². The van der Waals surface area contributed by atoms with Crippen molar-refractivity contribution in [1.29, 1.82) is 0 Å². The van der Waals surface area contributed by atoms with E-state index in [-0.39, 0.29) is 11.3 Å². The quantitative estimate of drug-likeness (QED) is 0.314. The summed E-state index contributed by atoms with van der Waals surface area (Å²) in [4.78, 5) is 0. The van der Waals surface area contributed by atoms with Gasteiger partial charge in [0.1, 0.15) is 35.5 Å². The molecule has 1 aromatic heterocycles. The summed E-state index contributed by atoms with van der Waals surface area (Å²) in [7, 11) is 0. The molecule has 0 aliphatic carbocycles. The largest absolute Gasteiger partial charge is 0.394 e. The first kappa shape index (κ1) is 28.5. The molecule has 0 bridgehead atoms. The second-order valence-electron chi connectivity index (χ2n) is 9.76. The minimum Gasteiger partial charge on any atom is -0.394 e. The van der Waals surface area contributed by atoms with Crippen molar-refractivity contribution >= 4 is 11.8 Å². The maximum atomic E-state index is 13.8. The molecule has 1 aliphatic heterocycles. The summed E-state index contributed by atoms with van der Waals surface area (Å²) in [5.41, 5.74) is -0.509. The van der Waals surface area contributed by atoms with Crippen molar-refractivity contribution in [2.45, 2.75) is 67.8 Å². The molecule has 38 heavy (non-hydrogen) atoms. The lowest BCUT2D eigenvalue weighted by Gasteiger charge is -2.44. The Morgan fingerprint density at radius 3 is 2.37 bits per heavy atom. The number of halogens is 3. The standard InChI is InChI=1S/C26H30F3N3O5S/c1-4-13-7-5-6-8-15(13)24(26(2,3)36)38-25-23(35)21(22(34)19(12-33)37-25)32-11-18(30-31-32)14-9-16(27)20(29)17(28)10-14/h5-11,19,21-25,33-36H,4,12H2,1-3H3/t19-,21+,22+,23-,24-,25+/m1/s1. The van der Waals surface area contributed by atoms with E-state index in [1.807, 2.05) is 31.2 Å². The van der Waals surface area contributed by atoms with Gasteiger partial charge in [-0.05, 0) is 43.5 Å². The van der Waals surface area contributed by atoms with Gasteiger partial charge in [-0.3, -0.25) is 0 Å². The molecule has 0 amide bonds. The molecule has 1 saturated heterocycles. The van der Waals surface area contributed by atoms with E-state index < -0.39 is 64.7 Å². The Morgan fingerprint density at radius 1 is 1.11 bits per heavy atom. The van der Waals surface area contributed by atoms with Crippen molar-refractivity contribution in [3.8, 4) is 11.3 Å². The van der Waals surface area contributed by atoms with E-state index in [9.17, 15) is 33.6 Å². The minimum absolute atomic E-state index is 0.0234. The molecule has 0 saturated carbocycles. The van der Waals surface area contributed by atoms with E-state index in [0.717, 1.165) is 39.7 Å². The van der Waals surface area contributed by atoms with Crippen LogP contribution >= 0.6 is 11.8 Å². The fourth-order valence-electron chi connectivity index (χ4n) is 4.62. The molecular formula is C26H30F3N3O5S. The van der Waals surface area contributed by atoms with Crippen LogP contribution in [0.25, 0.3) is 11.3 Å². The molecule has 1 aliphatic rings. The van der Waals surface area contributed by atoms with Crippen LogP contribution in [0.1, 0.15) is 43.2 Å². The summed E-state index contributed by atoms with van der Waals surface area (Å²) in [6.07, 6.45) is -1.97. The first-order chi connectivity index (χ1) is 18.0. The molecule has 4 N–H and O–H groups in total. The summed E-state index contributed by atoms with van der Waals surface area (Å²) in [5, 5.41) is 50.4. The lowest BCUT2D eigenvalue weighted by molar-refractivity contribution is -0.179. The highest BCUT2D eigenvalue weighted by Crippen LogP contribution is 2.46. The zero-order valence-electron chi connectivity index (χ0n) is 21.0. The van der Waals surface area contributed by atoms with E-state index in [0.29, 0.717) is 6.42 Å². The molecule has 0 radical (unpaired) electrons. The third kappa shape index (κ3) is 5.61. The number of benzene rings is 2. The molecule has 12 heteroatoms. The number of aromatic nitrogens is 3. The lowest BCUT2D eigenvalue weighted by atomic mass is 9.93.